The quantitative estimate of drug-likeness (QED) is 0.106. The van der Waals surface area contributed by atoms with E-state index < -0.39 is 47.0 Å². The van der Waals surface area contributed by atoms with Crippen molar-refractivity contribution in [2.45, 2.75) is 52.4 Å². The standard InChI is InChI=1S/C42H21F3N6.C40H26F6N2.C40H23F3N4/c1-24-4-9-29(50-38-12-5-25(22-46)16-33(38)34-17-26(23-47)6-13-39(34)50)20-31(24)32-21-30(10-11-37(32)42(43,44)45)51-40-14-7-27(48-2)18-35(40)36-19-28(49-3)8-15-41(36)51;1-23-11-16-30-28-7-3-5-9-35(28)47(37(30)19-23)27-15-18-34(40(44,45)46)33(22-27)32-21-26(14-12-24(32)2)48-36-10-6-4-8-29(36)31-17-13-25(20-38(31)48)39(41,42)43;1-24-11-14-27(46-36-9-5-3-7-29(36)33-19-25(23-44)12-17-38(33)46)21-31(24)32-22-28(15-16-35(32)40(41,42)43)47-37-10-6-4-8-30(37)34-20-26(45-2)13-18-39(34)47/h4-21H,1H3;3-22H,1-2H3;3-22H,1H3. The lowest BCUT2D eigenvalue weighted by atomic mass is 9.94. The summed E-state index contributed by atoms with van der Waals surface area (Å²) in [6.45, 7) is 29.9. The molecule has 146 heavy (non-hydrogen) atoms. The van der Waals surface area contributed by atoms with Crippen LogP contribution in [-0.2, 0) is 24.7 Å². The summed E-state index contributed by atoms with van der Waals surface area (Å²) in [5.41, 5.74) is 16.1. The number of hydrogen-bond donors (Lipinski definition) is 0. The first-order chi connectivity index (χ1) is 70.3. The van der Waals surface area contributed by atoms with Gasteiger partial charge in [-0.15, -0.1) is 0 Å². The Morgan fingerprint density at radius 2 is 0.452 bits per heavy atom. The van der Waals surface area contributed by atoms with Gasteiger partial charge in [0.05, 0.1) is 143 Å². The van der Waals surface area contributed by atoms with Gasteiger partial charge < -0.3 is 27.4 Å². The van der Waals surface area contributed by atoms with Crippen LogP contribution in [0, 0.1) is 81.4 Å². The van der Waals surface area contributed by atoms with Crippen molar-refractivity contribution in [3.63, 3.8) is 0 Å². The first-order valence-corrected chi connectivity index (χ1v) is 45.9. The number of para-hydroxylation sites is 4. The van der Waals surface area contributed by atoms with Crippen molar-refractivity contribution in [1.82, 2.24) is 27.4 Å². The average Bonchev–Trinajstić information content (AvgIpc) is 1.53. The number of alkyl halides is 12. The zero-order valence-electron chi connectivity index (χ0n) is 77.4. The largest absolute Gasteiger partial charge is 0.417 e. The molecule has 6 heterocycles. The summed E-state index contributed by atoms with van der Waals surface area (Å²) in [4.78, 5) is 10.7. The summed E-state index contributed by atoms with van der Waals surface area (Å²) >= 11 is 0. The summed E-state index contributed by atoms with van der Waals surface area (Å²) in [6.07, 6.45) is -18.5. The second kappa shape index (κ2) is 35.0. The minimum Gasteiger partial charge on any atom is -0.309 e. The van der Waals surface area contributed by atoms with Crippen molar-refractivity contribution in [3.8, 4) is 85.7 Å². The maximum absolute atomic E-state index is 14.8. The third-order valence-electron chi connectivity index (χ3n) is 27.4. The Kier molecular flexibility index (Phi) is 22.0. The highest BCUT2D eigenvalue weighted by Gasteiger charge is 2.39. The second-order valence-electron chi connectivity index (χ2n) is 36.0. The monoisotopic (exact) mass is 1930 g/mol. The highest BCUT2D eigenvalue weighted by molar-refractivity contribution is 6.16. The third kappa shape index (κ3) is 15.6. The van der Waals surface area contributed by atoms with Crippen LogP contribution in [0.4, 0.5) is 69.7 Å². The molecule has 0 radical (unpaired) electrons. The number of benzene rings is 18. The Morgan fingerprint density at radius 3 is 0.753 bits per heavy atom. The molecule has 0 atom stereocenters. The summed E-state index contributed by atoms with van der Waals surface area (Å²) < 4.78 is 186. The van der Waals surface area contributed by atoms with Gasteiger partial charge in [-0.3, -0.25) is 0 Å². The van der Waals surface area contributed by atoms with Crippen molar-refractivity contribution >= 4 is 148 Å². The van der Waals surface area contributed by atoms with E-state index in [0.717, 1.165) is 129 Å². The van der Waals surface area contributed by atoms with Crippen LogP contribution in [0.25, 0.3) is 213 Å². The zero-order valence-corrected chi connectivity index (χ0v) is 77.4. The molecule has 0 bridgehead atoms. The van der Waals surface area contributed by atoms with Crippen LogP contribution in [0.1, 0.15) is 61.2 Å². The molecule has 18 aromatic carbocycles. The molecular weight excluding hydrogens is 1860 g/mol. The fraction of sp³-hybridized carbons (Fsp3) is 0.0656. The number of nitriles is 3. The van der Waals surface area contributed by atoms with Gasteiger partial charge in [-0.1, -0.05) is 127 Å². The topological polar surface area (TPSA) is 114 Å². The zero-order chi connectivity index (χ0) is 102. The van der Waals surface area contributed by atoms with Crippen molar-refractivity contribution < 1.29 is 52.7 Å². The highest BCUT2D eigenvalue weighted by Crippen LogP contribution is 2.50. The van der Waals surface area contributed by atoms with Crippen LogP contribution in [0.3, 0.4) is 0 Å². The lowest BCUT2D eigenvalue weighted by Crippen LogP contribution is -2.09. The normalized spacial score (nSPS) is 11.9. The van der Waals surface area contributed by atoms with Crippen LogP contribution in [-0.4, -0.2) is 27.4 Å². The molecule has 24 rings (SSSR count). The average molecular weight is 1930 g/mol. The van der Waals surface area contributed by atoms with Crippen LogP contribution < -0.4 is 0 Å². The van der Waals surface area contributed by atoms with Gasteiger partial charge in [0.15, 0.2) is 17.1 Å². The fourth-order valence-corrected chi connectivity index (χ4v) is 20.8. The van der Waals surface area contributed by atoms with E-state index in [2.05, 4.69) is 32.7 Å². The molecule has 6 aromatic heterocycles. The van der Waals surface area contributed by atoms with Crippen LogP contribution in [0.5, 0.6) is 0 Å². The molecule has 24 aromatic rings. The number of aryl methyl sites for hydroxylation is 4. The maximum Gasteiger partial charge on any atom is 0.417 e. The SMILES string of the molecule is Cc1ccc2c3ccccc3n(-c3ccc(C(F)(F)F)c(-c4cc(-n5c6ccccc6c6ccc(C(F)(F)F)cc65)ccc4C)c3)c2c1.[C-]#[N+]c1ccc2c(c1)c1cc([N+]#[C-])ccc1n2-c1ccc(C(F)(F)F)c(-c2cc(-n3c4ccc(C#N)cc4c4cc(C#N)ccc43)ccc2C)c1.[C-]#[N+]c1ccc2c(c1)c1ccccc1n2-c1ccc(C(F)(F)F)c(-c2cc(-n3c4ccccc4c4cc(C#N)ccc43)ccc2C)c1. The number of hydrogen-bond acceptors (Lipinski definition) is 3. The van der Waals surface area contributed by atoms with E-state index in [1.807, 2.05) is 200 Å². The Hall–Kier alpha value is -19.1. The van der Waals surface area contributed by atoms with Gasteiger partial charge in [-0.05, 0) is 324 Å². The van der Waals surface area contributed by atoms with Crippen molar-refractivity contribution in [2.24, 2.45) is 0 Å². The predicted octanol–water partition coefficient (Wildman–Crippen LogP) is 35.2. The molecule has 0 fully saturated rings. The predicted molar refractivity (Wildman–Crippen MR) is 554 cm³/mol. The van der Waals surface area contributed by atoms with Crippen LogP contribution >= 0.6 is 0 Å². The minimum absolute atomic E-state index is 0.00999. The van der Waals surface area contributed by atoms with Gasteiger partial charge >= 0.3 is 24.7 Å². The molecule has 0 amide bonds. The van der Waals surface area contributed by atoms with Crippen molar-refractivity contribution in [1.29, 1.82) is 15.8 Å². The Balaban J connectivity index is 0.000000125. The molecule has 0 N–H and O–H groups in total. The first kappa shape index (κ1) is 91.9. The smallest absolute Gasteiger partial charge is 0.309 e. The number of fused-ring (bicyclic) bond motifs is 18. The Morgan fingerprint density at radius 1 is 0.212 bits per heavy atom. The van der Waals surface area contributed by atoms with E-state index in [4.69, 9.17) is 19.7 Å². The van der Waals surface area contributed by atoms with E-state index in [0.29, 0.717) is 139 Å². The van der Waals surface area contributed by atoms with Crippen LogP contribution in [0.2, 0.25) is 0 Å². The van der Waals surface area contributed by atoms with E-state index in [-0.39, 0.29) is 16.7 Å². The number of aromatic nitrogens is 6. The lowest BCUT2D eigenvalue weighted by Gasteiger charge is -2.19. The summed E-state index contributed by atoms with van der Waals surface area (Å²) in [5.74, 6) is 0. The molecule has 24 heteroatoms. The molecule has 0 aliphatic carbocycles. The molecule has 702 valence electrons. The van der Waals surface area contributed by atoms with E-state index >= 15 is 0 Å². The van der Waals surface area contributed by atoms with E-state index in [1.165, 1.54) is 24.3 Å². The van der Waals surface area contributed by atoms with Gasteiger partial charge in [0.2, 0.25) is 0 Å². The third-order valence-corrected chi connectivity index (χ3v) is 27.4. The summed E-state index contributed by atoms with van der Waals surface area (Å²) in [7, 11) is 0. The van der Waals surface area contributed by atoms with Gasteiger partial charge in [0.25, 0.3) is 0 Å². The molecule has 0 aliphatic rings. The first-order valence-electron chi connectivity index (χ1n) is 45.9. The highest BCUT2D eigenvalue weighted by atomic mass is 19.4. The van der Waals surface area contributed by atoms with Crippen molar-refractivity contribution in [3.05, 3.63) is 447 Å². The number of nitrogens with zero attached hydrogens (tertiary/aromatic N) is 12. The van der Waals surface area contributed by atoms with Gasteiger partial charge in [-0.2, -0.15) is 68.5 Å². The van der Waals surface area contributed by atoms with E-state index in [9.17, 15) is 68.5 Å². The lowest BCUT2D eigenvalue weighted by molar-refractivity contribution is -0.138. The molecule has 0 saturated heterocycles. The molecular formula is C122H70F12N12. The molecule has 0 saturated carbocycles. The molecule has 0 spiro atoms. The van der Waals surface area contributed by atoms with Crippen molar-refractivity contribution in [2.75, 3.05) is 0 Å². The minimum atomic E-state index is -4.67. The van der Waals surface area contributed by atoms with Gasteiger partial charge in [0.1, 0.15) is 0 Å². The number of rotatable bonds is 9. The van der Waals surface area contributed by atoms with E-state index in [1.54, 1.807) is 152 Å². The Labute approximate surface area is 824 Å². The van der Waals surface area contributed by atoms with Gasteiger partial charge in [0, 0.05) is 82.6 Å². The maximum atomic E-state index is 14.8. The fourth-order valence-electron chi connectivity index (χ4n) is 20.8. The summed E-state index contributed by atoms with van der Waals surface area (Å²) in [6, 6.07) is 107. The summed E-state index contributed by atoms with van der Waals surface area (Å²) in [5, 5.41) is 38.6. The Bertz CT molecular complexity index is 9850. The second-order valence-corrected chi connectivity index (χ2v) is 36.0. The molecule has 12 nitrogen and oxygen atoms in total. The molecule has 0 aliphatic heterocycles. The van der Waals surface area contributed by atoms with Crippen LogP contribution in [0.15, 0.2) is 352 Å². The van der Waals surface area contributed by atoms with Gasteiger partial charge in [-0.25, -0.2) is 14.5 Å². The number of halogens is 12. The molecule has 0 unspecified atom stereocenters.